The molecule has 0 radical (unpaired) electrons. The second-order valence-electron chi connectivity index (χ2n) is 3.29. The van der Waals surface area contributed by atoms with Crippen LogP contribution in [0.3, 0.4) is 0 Å². The molecule has 0 aliphatic rings. The first-order valence-corrected chi connectivity index (χ1v) is 6.17. The highest BCUT2D eigenvalue weighted by atomic mass is 15.0. The van der Waals surface area contributed by atoms with Gasteiger partial charge in [0, 0.05) is 14.1 Å². The second kappa shape index (κ2) is 19.6. The van der Waals surface area contributed by atoms with Gasteiger partial charge >= 0.3 is 0 Å². The lowest BCUT2D eigenvalue weighted by Gasteiger charge is -1.99. The molecule has 96 valence electrons. The molecule has 0 aromatic rings. The number of nitrogens with zero attached hydrogens (tertiary/aromatic N) is 1. The van der Waals surface area contributed by atoms with Gasteiger partial charge in [-0.15, -0.1) is 0 Å². The molecular weight excluding hydrogens is 194 g/mol. The Kier molecular flexibility index (Phi) is 25.0. The first kappa shape index (κ1) is 20.4. The largest absolute Gasteiger partial charge is 0.384 e. The molecule has 0 atom stereocenters. The second-order valence-corrected chi connectivity index (χ2v) is 3.29. The van der Waals surface area contributed by atoms with E-state index in [0.29, 0.717) is 0 Å². The Labute approximate surface area is 104 Å². The average molecular weight is 225 g/mol. The van der Waals surface area contributed by atoms with Crippen LogP contribution in [0.15, 0.2) is 36.1 Å². The van der Waals surface area contributed by atoms with Crippen LogP contribution in [0.4, 0.5) is 0 Å². The van der Waals surface area contributed by atoms with E-state index in [1.54, 1.807) is 0 Å². The number of hydrogen-bond donors (Lipinski definition) is 0. The molecule has 16 heavy (non-hydrogen) atoms. The molecule has 1 heteroatoms. The molecule has 0 aliphatic heterocycles. The summed E-state index contributed by atoms with van der Waals surface area (Å²) in [7, 11) is 4.00. The Bertz CT molecular complexity index is 186. The van der Waals surface area contributed by atoms with Gasteiger partial charge in [0.1, 0.15) is 0 Å². The van der Waals surface area contributed by atoms with Crippen molar-refractivity contribution in [1.29, 1.82) is 0 Å². The fraction of sp³-hybridized carbons (Fsp3) is 0.600. The van der Waals surface area contributed by atoms with Crippen LogP contribution in [0.25, 0.3) is 0 Å². The quantitative estimate of drug-likeness (QED) is 0.609. The lowest BCUT2D eigenvalue weighted by Crippen LogP contribution is -1.98. The summed E-state index contributed by atoms with van der Waals surface area (Å²) in [5, 5.41) is 0. The van der Waals surface area contributed by atoms with Gasteiger partial charge in [0.15, 0.2) is 0 Å². The van der Waals surface area contributed by atoms with Gasteiger partial charge in [-0.05, 0) is 33.4 Å². The Hall–Kier alpha value is -0.980. The van der Waals surface area contributed by atoms with Crippen molar-refractivity contribution in [3.8, 4) is 0 Å². The van der Waals surface area contributed by atoms with Gasteiger partial charge in [0.05, 0.1) is 0 Å². The smallest absolute Gasteiger partial charge is 0.00555 e. The minimum atomic E-state index is 1.13. The van der Waals surface area contributed by atoms with E-state index in [1.165, 1.54) is 5.57 Å². The summed E-state index contributed by atoms with van der Waals surface area (Å²) in [5.74, 6) is 0. The third-order valence-corrected chi connectivity index (χ3v) is 1.52. The van der Waals surface area contributed by atoms with Gasteiger partial charge in [-0.3, -0.25) is 0 Å². The Balaban J connectivity index is -0.000000188. The zero-order valence-corrected chi connectivity index (χ0v) is 12.5. The van der Waals surface area contributed by atoms with Crippen LogP contribution in [0.5, 0.6) is 0 Å². The molecule has 0 bridgehead atoms. The van der Waals surface area contributed by atoms with Crippen LogP contribution < -0.4 is 0 Å². The van der Waals surface area contributed by atoms with E-state index in [-0.39, 0.29) is 0 Å². The van der Waals surface area contributed by atoms with Crippen LogP contribution in [0.1, 0.15) is 48.0 Å². The van der Waals surface area contributed by atoms with Crippen molar-refractivity contribution < 1.29 is 0 Å². The van der Waals surface area contributed by atoms with Gasteiger partial charge in [-0.25, -0.2) is 0 Å². The summed E-state index contributed by atoms with van der Waals surface area (Å²) in [4.78, 5) is 2.00. The van der Waals surface area contributed by atoms with Crippen LogP contribution in [-0.4, -0.2) is 19.0 Å². The van der Waals surface area contributed by atoms with Crippen molar-refractivity contribution in [3.63, 3.8) is 0 Å². The highest BCUT2D eigenvalue weighted by Crippen LogP contribution is 1.93. The number of hydrogen-bond acceptors (Lipinski definition) is 1. The summed E-state index contributed by atoms with van der Waals surface area (Å²) >= 11 is 0. The standard InChI is InChI=1S/C8H14.C5H11N.C2H6/c1-4-6-7-8(3)5-2;1-4-5-6(2)3;1-2/h5-7H,4H2,1-3H3;4-5H,1-3H3;1-2H3/b7-6-,8-5-;5-4-;. The zero-order valence-electron chi connectivity index (χ0n) is 12.5. The predicted octanol–water partition coefficient (Wildman–Crippen LogP) is 5.03. The molecular formula is C15H31N. The van der Waals surface area contributed by atoms with Crippen LogP contribution in [0.2, 0.25) is 0 Å². The highest BCUT2D eigenvalue weighted by molar-refractivity contribution is 5.14. The third kappa shape index (κ3) is 29.2. The molecule has 0 aliphatic carbocycles. The third-order valence-electron chi connectivity index (χ3n) is 1.52. The Morgan fingerprint density at radius 1 is 1.12 bits per heavy atom. The van der Waals surface area contributed by atoms with E-state index >= 15 is 0 Å². The van der Waals surface area contributed by atoms with E-state index in [0.717, 1.165) is 6.42 Å². The molecule has 0 aromatic heterocycles. The Morgan fingerprint density at radius 3 is 1.81 bits per heavy atom. The van der Waals surface area contributed by atoms with Crippen molar-refractivity contribution in [2.75, 3.05) is 14.1 Å². The molecule has 0 rings (SSSR count). The molecule has 0 N–H and O–H groups in total. The predicted molar refractivity (Wildman–Crippen MR) is 78.7 cm³/mol. The fourth-order valence-electron chi connectivity index (χ4n) is 0.698. The Morgan fingerprint density at radius 2 is 1.62 bits per heavy atom. The minimum Gasteiger partial charge on any atom is -0.384 e. The van der Waals surface area contributed by atoms with Crippen molar-refractivity contribution >= 4 is 0 Å². The zero-order chi connectivity index (χ0) is 13.4. The lowest BCUT2D eigenvalue weighted by atomic mass is 10.2. The van der Waals surface area contributed by atoms with Crippen molar-refractivity contribution in [2.24, 2.45) is 0 Å². The summed E-state index contributed by atoms with van der Waals surface area (Å²) < 4.78 is 0. The first-order chi connectivity index (χ1) is 7.58. The van der Waals surface area contributed by atoms with Crippen molar-refractivity contribution in [2.45, 2.75) is 48.0 Å². The molecule has 0 aromatic carbocycles. The van der Waals surface area contributed by atoms with E-state index in [1.807, 2.05) is 52.0 Å². The van der Waals surface area contributed by atoms with E-state index in [2.05, 4.69) is 39.0 Å². The summed E-state index contributed by atoms with van der Waals surface area (Å²) in [6, 6.07) is 0. The van der Waals surface area contributed by atoms with Crippen molar-refractivity contribution in [1.82, 2.24) is 4.90 Å². The number of allylic oxidation sites excluding steroid dienone is 5. The lowest BCUT2D eigenvalue weighted by molar-refractivity contribution is 0.563. The molecule has 1 nitrogen and oxygen atoms in total. The molecule has 0 spiro atoms. The molecule has 0 amide bonds. The van der Waals surface area contributed by atoms with Gasteiger partial charge in [-0.1, -0.05) is 50.6 Å². The van der Waals surface area contributed by atoms with Gasteiger partial charge < -0.3 is 4.90 Å². The maximum atomic E-state index is 2.16. The van der Waals surface area contributed by atoms with E-state index in [9.17, 15) is 0 Å². The average Bonchev–Trinajstić information content (AvgIpc) is 2.29. The van der Waals surface area contributed by atoms with Gasteiger partial charge in [0.2, 0.25) is 0 Å². The first-order valence-electron chi connectivity index (χ1n) is 6.17. The van der Waals surface area contributed by atoms with Crippen molar-refractivity contribution in [3.05, 3.63) is 36.1 Å². The summed E-state index contributed by atoms with van der Waals surface area (Å²) in [5.41, 5.74) is 1.34. The summed E-state index contributed by atoms with van der Waals surface area (Å²) in [6.45, 7) is 12.3. The number of rotatable bonds is 3. The minimum absolute atomic E-state index is 1.13. The molecule has 0 saturated carbocycles. The SMILES string of the molecule is C/C=C(C)\C=C/CC.C/C=C\N(C)C.CC. The van der Waals surface area contributed by atoms with Crippen LogP contribution in [-0.2, 0) is 0 Å². The molecule has 0 heterocycles. The van der Waals surface area contributed by atoms with Gasteiger partial charge in [0.25, 0.3) is 0 Å². The highest BCUT2D eigenvalue weighted by Gasteiger charge is 1.72. The maximum absolute atomic E-state index is 2.16. The van der Waals surface area contributed by atoms with E-state index < -0.39 is 0 Å². The van der Waals surface area contributed by atoms with Gasteiger partial charge in [-0.2, -0.15) is 0 Å². The molecule has 0 fully saturated rings. The normalized spacial score (nSPS) is 10.6. The van der Waals surface area contributed by atoms with E-state index in [4.69, 9.17) is 0 Å². The molecule has 0 saturated heterocycles. The topological polar surface area (TPSA) is 3.24 Å². The fourth-order valence-corrected chi connectivity index (χ4v) is 0.698. The van der Waals surface area contributed by atoms with Crippen LogP contribution >= 0.6 is 0 Å². The molecule has 0 unspecified atom stereocenters. The van der Waals surface area contributed by atoms with Crippen LogP contribution in [0, 0.1) is 0 Å². The monoisotopic (exact) mass is 225 g/mol. The maximum Gasteiger partial charge on any atom is 0.00555 e. The summed E-state index contributed by atoms with van der Waals surface area (Å²) in [6.07, 6.45) is 11.5.